The third-order valence-corrected chi connectivity index (χ3v) is 5.76. The number of benzene rings is 2. The summed E-state index contributed by atoms with van der Waals surface area (Å²) in [5.74, 6) is 1.04. The molecule has 0 unspecified atom stereocenters. The van der Waals surface area contributed by atoms with Crippen LogP contribution in [0.15, 0.2) is 44.7 Å². The number of aliphatic imine (C=N–C) groups is 1. The molecule has 1 N–H and O–H groups in total. The van der Waals surface area contributed by atoms with Gasteiger partial charge in [-0.15, -0.1) is 0 Å². The van der Waals surface area contributed by atoms with E-state index in [1.54, 1.807) is 32.4 Å². The zero-order chi connectivity index (χ0) is 19.6. The molecule has 1 aliphatic rings. The molecule has 0 spiro atoms. The third kappa shape index (κ3) is 4.48. The summed E-state index contributed by atoms with van der Waals surface area (Å²) in [5.41, 5.74) is 2.41. The minimum atomic E-state index is -0.217. The Morgan fingerprint density at radius 1 is 1.19 bits per heavy atom. The number of carbonyl (C=O) groups is 1. The number of thioether (sulfide) groups is 1. The smallest absolute Gasteiger partial charge is 0.264 e. The number of amidine groups is 1. The maximum atomic E-state index is 12.3. The second-order valence-electron chi connectivity index (χ2n) is 5.64. The molecule has 8 heteroatoms. The number of aryl methyl sites for hydroxylation is 1. The summed E-state index contributed by atoms with van der Waals surface area (Å²) in [6.07, 6.45) is 1.76. The maximum Gasteiger partial charge on any atom is 0.264 e. The van der Waals surface area contributed by atoms with Gasteiger partial charge in [0.2, 0.25) is 0 Å². The molecular weight excluding hydrogens is 452 g/mol. The van der Waals surface area contributed by atoms with Crippen molar-refractivity contribution in [2.45, 2.75) is 6.92 Å². The largest absolute Gasteiger partial charge is 0.496 e. The van der Waals surface area contributed by atoms with Crippen LogP contribution in [0.1, 0.15) is 11.1 Å². The van der Waals surface area contributed by atoms with Crippen molar-refractivity contribution in [2.24, 2.45) is 4.99 Å². The monoisotopic (exact) mass is 466 g/mol. The van der Waals surface area contributed by atoms with E-state index in [1.807, 2.05) is 25.1 Å². The SMILES string of the molecule is COc1cc(OC)c(C=C2SC(=Nc3ccc(C)c(Cl)c3)NC2=O)cc1Br. The number of carbonyl (C=O) groups excluding carboxylic acids is 1. The number of nitrogens with one attached hydrogen (secondary N) is 1. The molecule has 1 aliphatic heterocycles. The van der Waals surface area contributed by atoms with E-state index in [4.69, 9.17) is 21.1 Å². The van der Waals surface area contributed by atoms with Crippen molar-refractivity contribution < 1.29 is 14.3 Å². The zero-order valence-corrected chi connectivity index (χ0v) is 18.0. The van der Waals surface area contributed by atoms with Crippen molar-refractivity contribution in [3.05, 3.63) is 55.9 Å². The van der Waals surface area contributed by atoms with Gasteiger partial charge in [0, 0.05) is 16.7 Å². The van der Waals surface area contributed by atoms with E-state index >= 15 is 0 Å². The molecule has 1 fully saturated rings. The van der Waals surface area contributed by atoms with Crippen LogP contribution in [0.25, 0.3) is 6.08 Å². The van der Waals surface area contributed by atoms with Gasteiger partial charge in [0.25, 0.3) is 5.91 Å². The van der Waals surface area contributed by atoms with Crippen LogP contribution >= 0.6 is 39.3 Å². The Morgan fingerprint density at radius 2 is 1.93 bits per heavy atom. The zero-order valence-electron chi connectivity index (χ0n) is 14.8. The lowest BCUT2D eigenvalue weighted by Gasteiger charge is -2.10. The van der Waals surface area contributed by atoms with Crippen LogP contribution in [0, 0.1) is 6.92 Å². The highest BCUT2D eigenvalue weighted by Crippen LogP contribution is 2.36. The van der Waals surface area contributed by atoms with Crippen LogP contribution in [0.3, 0.4) is 0 Å². The highest BCUT2D eigenvalue weighted by Gasteiger charge is 2.24. The number of hydrogen-bond donors (Lipinski definition) is 1. The topological polar surface area (TPSA) is 59.9 Å². The fourth-order valence-corrected chi connectivity index (χ4v) is 3.92. The molecule has 140 valence electrons. The van der Waals surface area contributed by atoms with Crippen molar-refractivity contribution in [2.75, 3.05) is 14.2 Å². The van der Waals surface area contributed by atoms with E-state index in [-0.39, 0.29) is 5.91 Å². The molecule has 0 atom stereocenters. The predicted molar refractivity (Wildman–Crippen MR) is 114 cm³/mol. The van der Waals surface area contributed by atoms with Gasteiger partial charge in [-0.05, 0) is 64.5 Å². The third-order valence-electron chi connectivity index (χ3n) is 3.83. The Kier molecular flexibility index (Phi) is 6.14. The fraction of sp³-hybridized carbons (Fsp3) is 0.158. The second-order valence-corrected chi connectivity index (χ2v) is 7.94. The Balaban J connectivity index is 1.90. The van der Waals surface area contributed by atoms with Crippen molar-refractivity contribution in [3.8, 4) is 11.5 Å². The molecule has 0 saturated carbocycles. The summed E-state index contributed by atoms with van der Waals surface area (Å²) in [5, 5.41) is 3.90. The van der Waals surface area contributed by atoms with E-state index in [9.17, 15) is 4.79 Å². The highest BCUT2D eigenvalue weighted by atomic mass is 79.9. The van der Waals surface area contributed by atoms with Crippen molar-refractivity contribution >= 4 is 62.1 Å². The van der Waals surface area contributed by atoms with Crippen LogP contribution in [-0.2, 0) is 4.79 Å². The minimum absolute atomic E-state index is 0.217. The van der Waals surface area contributed by atoms with Crippen LogP contribution in [0.4, 0.5) is 5.69 Å². The van der Waals surface area contributed by atoms with Crippen molar-refractivity contribution in [3.63, 3.8) is 0 Å². The lowest BCUT2D eigenvalue weighted by Crippen LogP contribution is -2.19. The molecule has 27 heavy (non-hydrogen) atoms. The molecular formula is C19H16BrClN2O3S. The number of rotatable bonds is 4. The quantitative estimate of drug-likeness (QED) is 0.618. The molecule has 5 nitrogen and oxygen atoms in total. The summed E-state index contributed by atoms with van der Waals surface area (Å²) >= 11 is 10.8. The number of halogens is 2. The molecule has 0 bridgehead atoms. The number of nitrogens with zero attached hydrogens (tertiary/aromatic N) is 1. The summed E-state index contributed by atoms with van der Waals surface area (Å²) in [6, 6.07) is 9.11. The molecule has 0 radical (unpaired) electrons. The van der Waals surface area contributed by atoms with Gasteiger partial charge in [-0.25, -0.2) is 4.99 Å². The van der Waals surface area contributed by atoms with Gasteiger partial charge >= 0.3 is 0 Å². The standard InChI is InChI=1S/C19H16BrClN2O3S/c1-10-4-5-12(8-14(10)21)22-19-23-18(24)17(27-19)7-11-6-13(20)16(26-3)9-15(11)25-2/h4-9H,1-3H3,(H,22,23,24). The first-order chi connectivity index (χ1) is 12.9. The molecule has 1 amide bonds. The molecule has 3 rings (SSSR count). The Labute approximate surface area is 174 Å². The minimum Gasteiger partial charge on any atom is -0.496 e. The summed E-state index contributed by atoms with van der Waals surface area (Å²) in [7, 11) is 3.15. The fourth-order valence-electron chi connectivity index (χ4n) is 2.39. The normalized spacial score (nSPS) is 16.7. The van der Waals surface area contributed by atoms with E-state index in [1.165, 1.54) is 11.8 Å². The van der Waals surface area contributed by atoms with Crippen LogP contribution in [-0.4, -0.2) is 25.3 Å². The summed E-state index contributed by atoms with van der Waals surface area (Å²) < 4.78 is 11.4. The second kappa shape index (κ2) is 8.37. The van der Waals surface area contributed by atoms with E-state index in [2.05, 4.69) is 26.2 Å². The van der Waals surface area contributed by atoms with Crippen molar-refractivity contribution in [1.29, 1.82) is 0 Å². The van der Waals surface area contributed by atoms with E-state index in [0.717, 1.165) is 15.6 Å². The average Bonchev–Trinajstić information content (AvgIpc) is 2.97. The highest BCUT2D eigenvalue weighted by molar-refractivity contribution is 9.10. The van der Waals surface area contributed by atoms with Gasteiger partial charge in [0.05, 0.1) is 29.3 Å². The molecule has 0 aliphatic carbocycles. The van der Waals surface area contributed by atoms with Gasteiger partial charge in [-0.1, -0.05) is 17.7 Å². The van der Waals surface area contributed by atoms with Crippen molar-refractivity contribution in [1.82, 2.24) is 5.32 Å². The van der Waals surface area contributed by atoms with E-state index < -0.39 is 0 Å². The lowest BCUT2D eigenvalue weighted by atomic mass is 10.1. The van der Waals surface area contributed by atoms with E-state index in [0.29, 0.717) is 32.3 Å². The van der Waals surface area contributed by atoms with Crippen LogP contribution < -0.4 is 14.8 Å². The van der Waals surface area contributed by atoms with Gasteiger partial charge in [-0.2, -0.15) is 0 Å². The maximum absolute atomic E-state index is 12.3. The van der Waals surface area contributed by atoms with Crippen LogP contribution in [0.2, 0.25) is 5.02 Å². The average molecular weight is 468 g/mol. The summed E-state index contributed by atoms with van der Waals surface area (Å²) in [4.78, 5) is 17.3. The predicted octanol–water partition coefficient (Wildman–Crippen LogP) is 5.32. The van der Waals surface area contributed by atoms with Gasteiger partial charge in [0.15, 0.2) is 5.17 Å². The first-order valence-electron chi connectivity index (χ1n) is 7.88. The lowest BCUT2D eigenvalue weighted by molar-refractivity contribution is -0.115. The number of amides is 1. The first kappa shape index (κ1) is 19.8. The molecule has 0 aromatic heterocycles. The number of hydrogen-bond acceptors (Lipinski definition) is 5. The van der Waals surface area contributed by atoms with Gasteiger partial charge in [0.1, 0.15) is 11.5 Å². The number of methoxy groups -OCH3 is 2. The summed E-state index contributed by atoms with van der Waals surface area (Å²) in [6.45, 7) is 1.92. The first-order valence-corrected chi connectivity index (χ1v) is 9.87. The molecule has 2 aromatic rings. The van der Waals surface area contributed by atoms with Crippen LogP contribution in [0.5, 0.6) is 11.5 Å². The number of ether oxygens (including phenoxy) is 2. The molecule has 2 aromatic carbocycles. The molecule has 1 saturated heterocycles. The Hall–Kier alpha value is -1.96. The Morgan fingerprint density at radius 3 is 2.59 bits per heavy atom. The van der Waals surface area contributed by atoms with Gasteiger partial charge < -0.3 is 14.8 Å². The Bertz CT molecular complexity index is 976. The van der Waals surface area contributed by atoms with Gasteiger partial charge in [-0.3, -0.25) is 4.79 Å². The molecule has 1 heterocycles.